The summed E-state index contributed by atoms with van der Waals surface area (Å²) in [4.78, 5) is 4.04. The molecule has 1 aliphatic rings. The van der Waals surface area contributed by atoms with Gasteiger partial charge in [0.15, 0.2) is 17.5 Å². The molecule has 0 saturated carbocycles. The van der Waals surface area contributed by atoms with E-state index in [4.69, 9.17) is 9.47 Å². The lowest BCUT2D eigenvalue weighted by molar-refractivity contribution is 0.174. The Labute approximate surface area is 124 Å². The van der Waals surface area contributed by atoms with Crippen LogP contribution in [0.3, 0.4) is 0 Å². The second kappa shape index (κ2) is 6.66. The summed E-state index contributed by atoms with van der Waals surface area (Å²) in [6, 6.07) is 5.70. The summed E-state index contributed by atoms with van der Waals surface area (Å²) in [5, 5.41) is 6.06. The number of sulfone groups is 1. The third kappa shape index (κ3) is 4.82. The molecule has 0 saturated heterocycles. The maximum absolute atomic E-state index is 11.1. The Morgan fingerprint density at radius 2 is 2.05 bits per heavy atom. The van der Waals surface area contributed by atoms with Crippen LogP contribution in [0.15, 0.2) is 23.2 Å². The van der Waals surface area contributed by atoms with Gasteiger partial charge < -0.3 is 20.1 Å². The van der Waals surface area contributed by atoms with Crippen LogP contribution in [0.1, 0.15) is 5.56 Å². The van der Waals surface area contributed by atoms with Crippen molar-refractivity contribution in [3.05, 3.63) is 23.8 Å². The van der Waals surface area contributed by atoms with Crippen LogP contribution < -0.4 is 20.1 Å². The van der Waals surface area contributed by atoms with E-state index in [1.54, 1.807) is 7.05 Å². The molecule has 0 bridgehead atoms. The molecule has 8 heteroatoms. The van der Waals surface area contributed by atoms with Crippen LogP contribution in [0.2, 0.25) is 0 Å². The Hall–Kier alpha value is -1.96. The number of rotatable bonds is 5. The van der Waals surface area contributed by atoms with Crippen molar-refractivity contribution in [3.8, 4) is 11.5 Å². The Kier molecular flexibility index (Phi) is 4.89. The number of benzene rings is 1. The smallest absolute Gasteiger partial charge is 0.231 e. The van der Waals surface area contributed by atoms with Gasteiger partial charge in [0.2, 0.25) is 6.79 Å². The minimum Gasteiger partial charge on any atom is -0.454 e. The molecule has 116 valence electrons. The van der Waals surface area contributed by atoms with Crippen LogP contribution in [-0.2, 0) is 16.4 Å². The van der Waals surface area contributed by atoms with Crippen molar-refractivity contribution in [2.75, 3.05) is 32.4 Å². The van der Waals surface area contributed by atoms with Gasteiger partial charge in [0.1, 0.15) is 9.84 Å². The van der Waals surface area contributed by atoms with E-state index >= 15 is 0 Å². The van der Waals surface area contributed by atoms with Gasteiger partial charge in [-0.15, -0.1) is 0 Å². The zero-order valence-electron chi connectivity index (χ0n) is 12.0. The number of nitrogens with zero attached hydrogens (tertiary/aromatic N) is 1. The number of nitrogens with one attached hydrogen (secondary N) is 2. The lowest BCUT2D eigenvalue weighted by atomic mass is 10.2. The summed E-state index contributed by atoms with van der Waals surface area (Å²) in [5.74, 6) is 2.10. The van der Waals surface area contributed by atoms with Crippen LogP contribution in [0.5, 0.6) is 11.5 Å². The predicted octanol–water partition coefficient (Wildman–Crippen LogP) is 0.125. The van der Waals surface area contributed by atoms with Crippen LogP contribution in [0.4, 0.5) is 0 Å². The van der Waals surface area contributed by atoms with Crippen molar-refractivity contribution in [2.24, 2.45) is 4.99 Å². The van der Waals surface area contributed by atoms with Crippen molar-refractivity contribution in [3.63, 3.8) is 0 Å². The Bertz CT molecular complexity index is 628. The van der Waals surface area contributed by atoms with Crippen molar-refractivity contribution in [1.82, 2.24) is 10.6 Å². The van der Waals surface area contributed by atoms with E-state index in [9.17, 15) is 8.42 Å². The zero-order valence-corrected chi connectivity index (χ0v) is 12.9. The van der Waals surface area contributed by atoms with E-state index in [1.807, 2.05) is 18.2 Å². The molecule has 0 aromatic heterocycles. The average Bonchev–Trinajstić information content (AvgIpc) is 2.88. The molecular weight excluding hydrogens is 294 g/mol. The molecule has 1 heterocycles. The summed E-state index contributed by atoms with van der Waals surface area (Å²) in [6.45, 7) is 1.12. The van der Waals surface area contributed by atoms with Crippen LogP contribution in [0.25, 0.3) is 0 Å². The van der Waals surface area contributed by atoms with E-state index in [2.05, 4.69) is 15.6 Å². The molecule has 1 aromatic rings. The summed E-state index contributed by atoms with van der Waals surface area (Å²) in [5.41, 5.74) is 1.02. The summed E-state index contributed by atoms with van der Waals surface area (Å²) in [7, 11) is -1.34. The molecule has 1 aliphatic heterocycles. The molecular formula is C13H19N3O4S. The molecule has 0 fully saturated rings. The number of hydrogen-bond acceptors (Lipinski definition) is 5. The normalized spacial score (nSPS) is 14.1. The van der Waals surface area contributed by atoms with Crippen molar-refractivity contribution < 1.29 is 17.9 Å². The Balaban J connectivity index is 1.83. The highest BCUT2D eigenvalue weighted by Crippen LogP contribution is 2.32. The third-order valence-corrected chi connectivity index (χ3v) is 3.83. The molecule has 2 N–H and O–H groups in total. The maximum Gasteiger partial charge on any atom is 0.231 e. The van der Waals surface area contributed by atoms with E-state index in [-0.39, 0.29) is 12.5 Å². The van der Waals surface area contributed by atoms with Gasteiger partial charge in [-0.3, -0.25) is 4.99 Å². The quantitative estimate of drug-likeness (QED) is 0.593. The third-order valence-electron chi connectivity index (χ3n) is 2.89. The second-order valence-corrected chi connectivity index (χ2v) is 6.93. The lowest BCUT2D eigenvalue weighted by Gasteiger charge is -2.11. The molecule has 0 atom stereocenters. The molecule has 7 nitrogen and oxygen atoms in total. The van der Waals surface area contributed by atoms with E-state index in [0.29, 0.717) is 19.0 Å². The number of ether oxygens (including phenoxy) is 2. The number of fused-ring (bicyclic) bond motifs is 1. The fourth-order valence-corrected chi connectivity index (χ4v) is 2.28. The maximum atomic E-state index is 11.1. The predicted molar refractivity (Wildman–Crippen MR) is 80.5 cm³/mol. The lowest BCUT2D eigenvalue weighted by Crippen LogP contribution is -2.39. The molecule has 2 rings (SSSR count). The average molecular weight is 313 g/mol. The molecule has 0 aliphatic carbocycles. The zero-order chi connectivity index (χ0) is 15.3. The topological polar surface area (TPSA) is 89.0 Å². The molecule has 0 spiro atoms. The van der Waals surface area contributed by atoms with Gasteiger partial charge in [-0.25, -0.2) is 8.42 Å². The van der Waals surface area contributed by atoms with Crippen molar-refractivity contribution >= 4 is 15.8 Å². The first-order chi connectivity index (χ1) is 9.98. The second-order valence-electron chi connectivity index (χ2n) is 4.67. The van der Waals surface area contributed by atoms with Crippen molar-refractivity contribution in [1.29, 1.82) is 0 Å². The highest BCUT2D eigenvalue weighted by atomic mass is 32.2. The van der Waals surface area contributed by atoms with Gasteiger partial charge in [-0.2, -0.15) is 0 Å². The van der Waals surface area contributed by atoms with Gasteiger partial charge in [0.25, 0.3) is 0 Å². The van der Waals surface area contributed by atoms with E-state index in [0.717, 1.165) is 17.1 Å². The van der Waals surface area contributed by atoms with Gasteiger partial charge in [-0.05, 0) is 17.7 Å². The largest absolute Gasteiger partial charge is 0.454 e. The molecule has 1 aromatic carbocycles. The first-order valence-electron chi connectivity index (χ1n) is 6.49. The fraction of sp³-hybridized carbons (Fsp3) is 0.462. The van der Waals surface area contributed by atoms with Crippen LogP contribution >= 0.6 is 0 Å². The van der Waals surface area contributed by atoms with Crippen LogP contribution in [0, 0.1) is 0 Å². The Morgan fingerprint density at radius 3 is 2.76 bits per heavy atom. The van der Waals surface area contributed by atoms with Crippen LogP contribution in [-0.4, -0.2) is 46.8 Å². The fourth-order valence-electron chi connectivity index (χ4n) is 1.81. The van der Waals surface area contributed by atoms with Gasteiger partial charge in [0.05, 0.1) is 5.75 Å². The minimum absolute atomic E-state index is 0.0672. The minimum atomic E-state index is -2.98. The SMILES string of the molecule is CN=C(NCCS(C)(=O)=O)NCc1ccc2c(c1)OCO2. The van der Waals surface area contributed by atoms with Gasteiger partial charge >= 0.3 is 0 Å². The highest BCUT2D eigenvalue weighted by Gasteiger charge is 2.13. The summed E-state index contributed by atoms with van der Waals surface area (Å²) >= 11 is 0. The first-order valence-corrected chi connectivity index (χ1v) is 8.55. The molecule has 0 amide bonds. The van der Waals surface area contributed by atoms with Gasteiger partial charge in [-0.1, -0.05) is 6.07 Å². The molecule has 0 radical (unpaired) electrons. The monoisotopic (exact) mass is 313 g/mol. The van der Waals surface area contributed by atoms with E-state index < -0.39 is 9.84 Å². The highest BCUT2D eigenvalue weighted by molar-refractivity contribution is 7.90. The van der Waals surface area contributed by atoms with E-state index in [1.165, 1.54) is 6.26 Å². The van der Waals surface area contributed by atoms with Crippen molar-refractivity contribution in [2.45, 2.75) is 6.54 Å². The Morgan fingerprint density at radius 1 is 1.29 bits per heavy atom. The molecule has 21 heavy (non-hydrogen) atoms. The number of aliphatic imine (C=N–C) groups is 1. The number of hydrogen-bond donors (Lipinski definition) is 2. The standard InChI is InChI=1S/C13H19N3O4S/c1-14-13(15-5-6-21(2,17)18)16-8-10-3-4-11-12(7-10)20-9-19-11/h3-4,7H,5-6,8-9H2,1-2H3,(H2,14,15,16). The van der Waals surface area contributed by atoms with Gasteiger partial charge in [0, 0.05) is 26.4 Å². The summed E-state index contributed by atoms with van der Waals surface area (Å²) in [6.07, 6.45) is 1.21. The summed E-state index contributed by atoms with van der Waals surface area (Å²) < 4.78 is 32.7. The number of guanidine groups is 1. The molecule has 0 unspecified atom stereocenters. The first kappa shape index (κ1) is 15.4.